The first-order valence-electron chi connectivity index (χ1n) is 6.64. The lowest BCUT2D eigenvalue weighted by Crippen LogP contribution is -2.44. The minimum absolute atomic E-state index is 0.213. The van der Waals surface area contributed by atoms with Gasteiger partial charge in [0.1, 0.15) is 5.78 Å². The lowest BCUT2D eigenvalue weighted by molar-refractivity contribution is -0.143. The van der Waals surface area contributed by atoms with Crippen LogP contribution in [-0.4, -0.2) is 23.4 Å². The van der Waals surface area contributed by atoms with Crippen molar-refractivity contribution < 1.29 is 9.63 Å². The maximum Gasteiger partial charge on any atom is 0.153 e. The van der Waals surface area contributed by atoms with Crippen molar-refractivity contribution >= 4 is 5.78 Å². The Morgan fingerprint density at radius 3 is 2.61 bits per heavy atom. The Kier molecular flexibility index (Phi) is 4.02. The number of hydrogen-bond acceptors (Lipinski definition) is 3. The van der Waals surface area contributed by atoms with Gasteiger partial charge < -0.3 is 4.84 Å². The Morgan fingerprint density at radius 2 is 2.00 bits per heavy atom. The van der Waals surface area contributed by atoms with Crippen LogP contribution in [0.3, 0.4) is 0 Å². The largest absolute Gasteiger partial charge is 0.405 e. The summed E-state index contributed by atoms with van der Waals surface area (Å²) in [5, 5.41) is 1.98. The summed E-state index contributed by atoms with van der Waals surface area (Å²) in [6.45, 7) is 6.91. The Labute approximate surface area is 109 Å². The van der Waals surface area contributed by atoms with Crippen LogP contribution in [-0.2, 0) is 4.79 Å². The van der Waals surface area contributed by atoms with Crippen LogP contribution in [0, 0.1) is 13.8 Å². The highest BCUT2D eigenvalue weighted by molar-refractivity contribution is 5.79. The van der Waals surface area contributed by atoms with E-state index in [4.69, 9.17) is 4.84 Å². The van der Waals surface area contributed by atoms with Crippen molar-refractivity contribution in [2.24, 2.45) is 0 Å². The average Bonchev–Trinajstić information content (AvgIpc) is 2.35. The number of hydrogen-bond donors (Lipinski definition) is 0. The number of para-hydroxylation sites is 1. The Bertz CT molecular complexity index is 422. The van der Waals surface area contributed by atoms with Crippen LogP contribution in [0.4, 0.5) is 0 Å². The zero-order valence-corrected chi connectivity index (χ0v) is 11.4. The predicted molar refractivity (Wildman–Crippen MR) is 71.6 cm³/mol. The fourth-order valence-corrected chi connectivity index (χ4v) is 2.41. The molecule has 1 fully saturated rings. The summed E-state index contributed by atoms with van der Waals surface area (Å²) in [5.74, 6) is 1.29. The van der Waals surface area contributed by atoms with E-state index in [1.165, 1.54) is 0 Å². The SMILES string of the molecule is CCC1CC(=O)CCN1Oc1c(C)cccc1C. The third-order valence-electron chi connectivity index (χ3n) is 3.57. The highest BCUT2D eigenvalue weighted by Gasteiger charge is 2.27. The van der Waals surface area contributed by atoms with Crippen molar-refractivity contribution in [1.29, 1.82) is 0 Å². The molecule has 1 aliphatic heterocycles. The molecule has 1 aromatic carbocycles. The molecule has 0 bridgehead atoms. The number of ketones is 1. The third kappa shape index (κ3) is 2.72. The van der Waals surface area contributed by atoms with Crippen molar-refractivity contribution in [1.82, 2.24) is 5.06 Å². The Hall–Kier alpha value is -1.35. The molecular weight excluding hydrogens is 226 g/mol. The van der Waals surface area contributed by atoms with Crippen LogP contribution >= 0.6 is 0 Å². The first kappa shape index (κ1) is 13.1. The number of carbonyl (C=O) groups excluding carboxylic acids is 1. The van der Waals surface area contributed by atoms with Gasteiger partial charge in [0.2, 0.25) is 0 Å². The summed E-state index contributed by atoms with van der Waals surface area (Å²) in [6.07, 6.45) is 2.15. The smallest absolute Gasteiger partial charge is 0.153 e. The standard InChI is InChI=1S/C15H21NO2/c1-4-13-10-14(17)8-9-16(13)18-15-11(2)6-5-7-12(15)3/h5-7,13H,4,8-10H2,1-3H3. The second kappa shape index (κ2) is 5.53. The molecule has 0 aliphatic carbocycles. The van der Waals surface area contributed by atoms with Crippen molar-refractivity contribution in [3.63, 3.8) is 0 Å². The van der Waals surface area contributed by atoms with Gasteiger partial charge in [-0.1, -0.05) is 25.1 Å². The summed E-state index contributed by atoms with van der Waals surface area (Å²) in [5.41, 5.74) is 2.28. The molecule has 3 heteroatoms. The Morgan fingerprint density at radius 1 is 1.33 bits per heavy atom. The average molecular weight is 247 g/mol. The van der Waals surface area contributed by atoms with Crippen molar-refractivity contribution in [3.05, 3.63) is 29.3 Å². The number of aryl methyl sites for hydroxylation is 2. The minimum atomic E-state index is 0.213. The highest BCUT2D eigenvalue weighted by atomic mass is 16.7. The van der Waals surface area contributed by atoms with Gasteiger partial charge in [0.15, 0.2) is 5.75 Å². The fraction of sp³-hybridized carbons (Fsp3) is 0.533. The molecule has 1 saturated heterocycles. The normalized spacial score (nSPS) is 21.1. The van der Waals surface area contributed by atoms with E-state index in [2.05, 4.69) is 32.9 Å². The molecule has 1 atom stereocenters. The number of carbonyl (C=O) groups is 1. The lowest BCUT2D eigenvalue weighted by Gasteiger charge is -2.34. The molecule has 98 valence electrons. The fourth-order valence-electron chi connectivity index (χ4n) is 2.41. The van der Waals surface area contributed by atoms with E-state index in [1.54, 1.807) is 0 Å². The maximum absolute atomic E-state index is 11.5. The molecule has 1 aromatic rings. The van der Waals surface area contributed by atoms with Crippen LogP contribution in [0.2, 0.25) is 0 Å². The molecule has 1 heterocycles. The molecule has 18 heavy (non-hydrogen) atoms. The van der Waals surface area contributed by atoms with Crippen LogP contribution in [0.5, 0.6) is 5.75 Å². The predicted octanol–water partition coefficient (Wildman–Crippen LogP) is 3.04. The van der Waals surface area contributed by atoms with Crippen LogP contribution in [0.1, 0.15) is 37.3 Å². The first-order chi connectivity index (χ1) is 8.61. The molecule has 1 unspecified atom stereocenters. The lowest BCUT2D eigenvalue weighted by atomic mass is 10.0. The first-order valence-corrected chi connectivity index (χ1v) is 6.64. The second-order valence-electron chi connectivity index (χ2n) is 5.01. The maximum atomic E-state index is 11.5. The van der Waals surface area contributed by atoms with Gasteiger partial charge in [-0.15, -0.1) is 5.06 Å². The molecule has 0 saturated carbocycles. The van der Waals surface area contributed by atoms with Gasteiger partial charge in [0.05, 0.1) is 6.04 Å². The molecule has 1 aliphatic rings. The molecule has 2 rings (SSSR count). The van der Waals surface area contributed by atoms with Gasteiger partial charge >= 0.3 is 0 Å². The van der Waals surface area contributed by atoms with E-state index in [-0.39, 0.29) is 6.04 Å². The zero-order valence-electron chi connectivity index (χ0n) is 11.4. The van der Waals surface area contributed by atoms with Crippen LogP contribution < -0.4 is 4.84 Å². The van der Waals surface area contributed by atoms with Gasteiger partial charge in [0.25, 0.3) is 0 Å². The molecule has 0 aromatic heterocycles. The second-order valence-corrected chi connectivity index (χ2v) is 5.01. The number of nitrogens with zero attached hydrogens (tertiary/aromatic N) is 1. The van der Waals surface area contributed by atoms with E-state index in [1.807, 2.05) is 11.1 Å². The zero-order chi connectivity index (χ0) is 13.1. The van der Waals surface area contributed by atoms with Gasteiger partial charge in [-0.3, -0.25) is 4.79 Å². The van der Waals surface area contributed by atoms with Crippen molar-refractivity contribution in [2.45, 2.75) is 46.1 Å². The number of rotatable bonds is 3. The van der Waals surface area contributed by atoms with E-state index in [0.29, 0.717) is 25.2 Å². The number of hydroxylamine groups is 2. The molecule has 0 radical (unpaired) electrons. The van der Waals surface area contributed by atoms with Gasteiger partial charge in [-0.05, 0) is 31.4 Å². The topological polar surface area (TPSA) is 29.5 Å². The summed E-state index contributed by atoms with van der Waals surface area (Å²) < 4.78 is 0. The van der Waals surface area contributed by atoms with Crippen LogP contribution in [0.15, 0.2) is 18.2 Å². The molecular formula is C15H21NO2. The van der Waals surface area contributed by atoms with E-state index >= 15 is 0 Å². The molecule has 3 nitrogen and oxygen atoms in total. The monoisotopic (exact) mass is 247 g/mol. The number of piperidine rings is 1. The van der Waals surface area contributed by atoms with Gasteiger partial charge in [-0.25, -0.2) is 0 Å². The van der Waals surface area contributed by atoms with E-state index in [9.17, 15) is 4.79 Å². The third-order valence-corrected chi connectivity index (χ3v) is 3.57. The highest BCUT2D eigenvalue weighted by Crippen LogP contribution is 2.26. The summed E-state index contributed by atoms with van der Waals surface area (Å²) in [4.78, 5) is 17.5. The number of benzene rings is 1. The molecule has 0 N–H and O–H groups in total. The van der Waals surface area contributed by atoms with Gasteiger partial charge in [-0.2, -0.15) is 0 Å². The van der Waals surface area contributed by atoms with E-state index < -0.39 is 0 Å². The van der Waals surface area contributed by atoms with Gasteiger partial charge in [0, 0.05) is 19.4 Å². The number of Topliss-reactive ketones (excluding diaryl/α,β-unsaturated/α-hetero) is 1. The quantitative estimate of drug-likeness (QED) is 0.822. The van der Waals surface area contributed by atoms with E-state index in [0.717, 1.165) is 23.3 Å². The summed E-state index contributed by atoms with van der Waals surface area (Å²) in [7, 11) is 0. The Balaban J connectivity index is 2.15. The molecule has 0 amide bonds. The van der Waals surface area contributed by atoms with Crippen LogP contribution in [0.25, 0.3) is 0 Å². The summed E-state index contributed by atoms with van der Waals surface area (Å²) in [6, 6.07) is 6.36. The minimum Gasteiger partial charge on any atom is -0.405 e. The van der Waals surface area contributed by atoms with Crippen molar-refractivity contribution in [2.75, 3.05) is 6.54 Å². The summed E-state index contributed by atoms with van der Waals surface area (Å²) >= 11 is 0. The van der Waals surface area contributed by atoms with Crippen molar-refractivity contribution in [3.8, 4) is 5.75 Å². The molecule has 0 spiro atoms.